The molecule has 64 valence electrons. The average molecular weight is 168 g/mol. The Kier molecular flexibility index (Phi) is 2.33. The first-order valence-electron chi connectivity index (χ1n) is 3.58. The average Bonchev–Trinajstić information content (AvgIpc) is 2.21. The summed E-state index contributed by atoms with van der Waals surface area (Å²) < 4.78 is 0. The summed E-state index contributed by atoms with van der Waals surface area (Å²) in [6.45, 7) is 0.00331. The van der Waals surface area contributed by atoms with Gasteiger partial charge >= 0.3 is 0 Å². The van der Waals surface area contributed by atoms with Gasteiger partial charge < -0.3 is 0 Å². The molecule has 0 bridgehead atoms. The lowest BCUT2D eigenvalue weighted by Gasteiger charge is -2.20. The van der Waals surface area contributed by atoms with Crippen LogP contribution < -0.4 is 0 Å². The quantitative estimate of drug-likeness (QED) is 0.596. The van der Waals surface area contributed by atoms with Crippen molar-refractivity contribution in [3.8, 4) is 0 Å². The van der Waals surface area contributed by atoms with Gasteiger partial charge in [-0.25, -0.2) is 9.78 Å². The Morgan fingerprint density at radius 2 is 1.67 bits per heavy atom. The topological polar surface area (TPSA) is 36.9 Å². The van der Waals surface area contributed by atoms with Crippen LogP contribution in [0.5, 0.6) is 0 Å². The maximum absolute atomic E-state index is 4.82. The summed E-state index contributed by atoms with van der Waals surface area (Å²) in [4.78, 5) is 18.8. The van der Waals surface area contributed by atoms with E-state index in [9.17, 15) is 0 Å². The fourth-order valence-electron chi connectivity index (χ4n) is 0.936. The van der Waals surface area contributed by atoms with Crippen molar-refractivity contribution in [2.75, 3.05) is 6.79 Å². The summed E-state index contributed by atoms with van der Waals surface area (Å²) in [6.07, 6.45) is -0.583. The molecule has 0 saturated carbocycles. The zero-order valence-electron chi connectivity index (χ0n) is 6.30. The van der Waals surface area contributed by atoms with Gasteiger partial charge in [0.15, 0.2) is 0 Å². The number of benzene rings is 1. The molecule has 0 unspecified atom stereocenters. The van der Waals surface area contributed by atoms with Gasteiger partial charge in [0.1, 0.15) is 0 Å². The standard InChI is InChI=1S/C8H8O4/c1-2-4-7(5-3-1)8-11-9-6-10-12-8/h1-5,8H,6H2. The van der Waals surface area contributed by atoms with Crippen LogP contribution in [0.2, 0.25) is 0 Å². The van der Waals surface area contributed by atoms with E-state index in [1.807, 2.05) is 30.3 Å². The second-order valence-electron chi connectivity index (χ2n) is 2.29. The van der Waals surface area contributed by atoms with E-state index in [-0.39, 0.29) is 6.79 Å². The lowest BCUT2D eigenvalue weighted by molar-refractivity contribution is -0.564. The molecule has 0 atom stereocenters. The van der Waals surface area contributed by atoms with Crippen LogP contribution in [0.15, 0.2) is 30.3 Å². The third-order valence-electron chi connectivity index (χ3n) is 1.48. The van der Waals surface area contributed by atoms with Gasteiger partial charge in [-0.15, -0.1) is 0 Å². The van der Waals surface area contributed by atoms with E-state index in [0.29, 0.717) is 0 Å². The molecule has 1 fully saturated rings. The van der Waals surface area contributed by atoms with Gasteiger partial charge in [-0.05, 0) is 0 Å². The number of hydrogen-bond acceptors (Lipinski definition) is 4. The molecular formula is C8H8O4. The molecule has 0 aliphatic carbocycles. The molecule has 1 saturated heterocycles. The molecule has 1 aromatic rings. The summed E-state index contributed by atoms with van der Waals surface area (Å²) in [5.74, 6) is 0. The molecule has 0 aromatic heterocycles. The predicted molar refractivity (Wildman–Crippen MR) is 38.4 cm³/mol. The van der Waals surface area contributed by atoms with E-state index in [1.54, 1.807) is 0 Å². The van der Waals surface area contributed by atoms with Crippen molar-refractivity contribution in [3.63, 3.8) is 0 Å². The summed E-state index contributed by atoms with van der Waals surface area (Å²) in [7, 11) is 0. The lowest BCUT2D eigenvalue weighted by Crippen LogP contribution is -2.17. The third-order valence-corrected chi connectivity index (χ3v) is 1.48. The van der Waals surface area contributed by atoms with Crippen LogP contribution in [0.25, 0.3) is 0 Å². The van der Waals surface area contributed by atoms with Crippen molar-refractivity contribution in [2.24, 2.45) is 0 Å². The summed E-state index contributed by atoms with van der Waals surface area (Å²) in [5.41, 5.74) is 0.859. The largest absolute Gasteiger partial charge is 0.249 e. The summed E-state index contributed by atoms with van der Waals surface area (Å²) >= 11 is 0. The maximum atomic E-state index is 4.82. The van der Waals surface area contributed by atoms with E-state index < -0.39 is 6.29 Å². The Balaban J connectivity index is 2.08. The highest BCUT2D eigenvalue weighted by atomic mass is 17.4. The van der Waals surface area contributed by atoms with Crippen LogP contribution >= 0.6 is 0 Å². The highest BCUT2D eigenvalue weighted by molar-refractivity contribution is 5.15. The van der Waals surface area contributed by atoms with Crippen LogP contribution in [0.1, 0.15) is 11.9 Å². The van der Waals surface area contributed by atoms with Crippen molar-refractivity contribution >= 4 is 0 Å². The monoisotopic (exact) mass is 168 g/mol. The summed E-state index contributed by atoms with van der Waals surface area (Å²) in [6, 6.07) is 9.41. The molecule has 4 nitrogen and oxygen atoms in total. The molecule has 1 heterocycles. The Labute approximate surface area is 69.5 Å². The van der Waals surface area contributed by atoms with E-state index in [1.165, 1.54) is 0 Å². The van der Waals surface area contributed by atoms with Crippen molar-refractivity contribution in [1.29, 1.82) is 0 Å². The highest BCUT2D eigenvalue weighted by Gasteiger charge is 2.18. The maximum Gasteiger partial charge on any atom is 0.249 e. The minimum Gasteiger partial charge on any atom is -0.202 e. The number of hydrogen-bond donors (Lipinski definition) is 0. The molecule has 12 heavy (non-hydrogen) atoms. The Bertz CT molecular complexity index is 230. The van der Waals surface area contributed by atoms with Crippen molar-refractivity contribution in [1.82, 2.24) is 0 Å². The highest BCUT2D eigenvalue weighted by Crippen LogP contribution is 2.21. The van der Waals surface area contributed by atoms with Crippen molar-refractivity contribution < 1.29 is 19.6 Å². The van der Waals surface area contributed by atoms with Crippen LogP contribution in [-0.2, 0) is 19.6 Å². The zero-order chi connectivity index (χ0) is 8.23. The molecule has 0 spiro atoms. The third kappa shape index (κ3) is 1.62. The van der Waals surface area contributed by atoms with Crippen LogP contribution in [0.3, 0.4) is 0 Å². The van der Waals surface area contributed by atoms with E-state index in [0.717, 1.165) is 5.56 Å². The van der Waals surface area contributed by atoms with Gasteiger partial charge in [0.2, 0.25) is 13.1 Å². The smallest absolute Gasteiger partial charge is 0.202 e. The first-order chi connectivity index (χ1) is 5.97. The van der Waals surface area contributed by atoms with Gasteiger partial charge in [0.25, 0.3) is 0 Å². The molecule has 1 aliphatic rings. The minimum absolute atomic E-state index is 0.00331. The molecular weight excluding hydrogens is 160 g/mol. The lowest BCUT2D eigenvalue weighted by atomic mass is 10.2. The molecule has 2 rings (SSSR count). The van der Waals surface area contributed by atoms with Crippen molar-refractivity contribution in [3.05, 3.63) is 35.9 Å². The molecule has 0 amide bonds. The van der Waals surface area contributed by atoms with Gasteiger partial charge in [0, 0.05) is 5.56 Å². The fraction of sp³-hybridized carbons (Fsp3) is 0.250. The van der Waals surface area contributed by atoms with Gasteiger partial charge in [-0.2, -0.15) is 9.78 Å². The van der Waals surface area contributed by atoms with E-state index in [2.05, 4.69) is 9.78 Å². The van der Waals surface area contributed by atoms with Crippen LogP contribution in [0.4, 0.5) is 0 Å². The molecule has 0 radical (unpaired) electrons. The normalized spacial score (nSPS) is 19.3. The van der Waals surface area contributed by atoms with E-state index >= 15 is 0 Å². The SMILES string of the molecule is c1ccc(C2OOCOO2)cc1. The van der Waals surface area contributed by atoms with Gasteiger partial charge in [-0.1, -0.05) is 30.3 Å². The molecule has 1 aromatic carbocycles. The van der Waals surface area contributed by atoms with Crippen molar-refractivity contribution in [2.45, 2.75) is 6.29 Å². The fourth-order valence-corrected chi connectivity index (χ4v) is 0.936. The predicted octanol–water partition coefficient (Wildman–Crippen LogP) is 1.55. The first-order valence-corrected chi connectivity index (χ1v) is 3.58. The van der Waals surface area contributed by atoms with Crippen LogP contribution in [-0.4, -0.2) is 6.79 Å². The van der Waals surface area contributed by atoms with E-state index in [4.69, 9.17) is 9.78 Å². The molecule has 0 N–H and O–H groups in total. The molecule has 4 heteroatoms. The van der Waals surface area contributed by atoms with Gasteiger partial charge in [-0.3, -0.25) is 0 Å². The van der Waals surface area contributed by atoms with Crippen LogP contribution in [0, 0.1) is 0 Å². The number of rotatable bonds is 1. The zero-order valence-corrected chi connectivity index (χ0v) is 6.30. The summed E-state index contributed by atoms with van der Waals surface area (Å²) in [5, 5.41) is 0. The minimum atomic E-state index is -0.583. The Morgan fingerprint density at radius 3 is 2.33 bits per heavy atom. The van der Waals surface area contributed by atoms with Gasteiger partial charge in [0.05, 0.1) is 0 Å². The Hall–Kier alpha value is -0.940. The second-order valence-corrected chi connectivity index (χ2v) is 2.29. The Morgan fingerprint density at radius 1 is 1.00 bits per heavy atom. The second kappa shape index (κ2) is 3.64. The molecule has 1 aliphatic heterocycles. The first kappa shape index (κ1) is 7.70.